The molecule has 0 spiro atoms. The summed E-state index contributed by atoms with van der Waals surface area (Å²) >= 11 is 0. The van der Waals surface area contributed by atoms with Gasteiger partial charge in [0.05, 0.1) is 12.5 Å². The molecule has 3 aliphatic rings. The van der Waals surface area contributed by atoms with Crippen LogP contribution in [0, 0.1) is 0 Å². The summed E-state index contributed by atoms with van der Waals surface area (Å²) in [4.78, 5) is 15.6. The quantitative estimate of drug-likeness (QED) is 0.671. The number of aryl methyl sites for hydroxylation is 1. The number of fused-ring (bicyclic) bond motifs is 2. The molecule has 2 fully saturated rings. The minimum atomic E-state index is -0.0833. The Morgan fingerprint density at radius 2 is 2.03 bits per heavy atom. The van der Waals surface area contributed by atoms with Gasteiger partial charge in [0.25, 0.3) is 5.91 Å². The molecule has 3 aromatic rings. The van der Waals surface area contributed by atoms with E-state index < -0.39 is 0 Å². The highest BCUT2D eigenvalue weighted by atomic mass is 16.3. The molecule has 6 rings (SSSR count). The standard InChI is InChI=1S/C25H29N5O2/c31-24(26-20-7-4-8-20)23-28-27-22-9-11-25(19-5-2-1-3-6-19)12-13-29(21(25)16-30(22)23)15-18-10-14-32-17-18/h1-3,5-6,10,14,17,20-21H,4,7-9,11-13,15-16H2,(H,26,31)/t21-,25-/m1/s1. The van der Waals surface area contributed by atoms with Gasteiger partial charge in [0.1, 0.15) is 5.82 Å². The van der Waals surface area contributed by atoms with Gasteiger partial charge in [-0.1, -0.05) is 30.3 Å². The number of rotatable bonds is 5. The van der Waals surface area contributed by atoms with E-state index in [0.29, 0.717) is 5.82 Å². The number of carbonyl (C=O) groups is 1. The molecule has 1 N–H and O–H groups in total. The Kier molecular flexibility index (Phi) is 4.86. The summed E-state index contributed by atoms with van der Waals surface area (Å²) in [7, 11) is 0. The lowest BCUT2D eigenvalue weighted by atomic mass is 9.71. The van der Waals surface area contributed by atoms with Gasteiger partial charge >= 0.3 is 0 Å². The molecule has 7 nitrogen and oxygen atoms in total. The van der Waals surface area contributed by atoms with Gasteiger partial charge in [-0.05, 0) is 50.3 Å². The van der Waals surface area contributed by atoms with Crippen molar-refractivity contribution < 1.29 is 9.21 Å². The third kappa shape index (κ3) is 3.26. The molecule has 1 saturated carbocycles. The van der Waals surface area contributed by atoms with Gasteiger partial charge in [-0.2, -0.15) is 0 Å². The highest BCUT2D eigenvalue weighted by Gasteiger charge is 2.50. The highest BCUT2D eigenvalue weighted by molar-refractivity contribution is 5.91. The van der Waals surface area contributed by atoms with Crippen LogP contribution in [0.5, 0.6) is 0 Å². The molecule has 2 atom stereocenters. The van der Waals surface area contributed by atoms with Crippen LogP contribution in [-0.4, -0.2) is 44.2 Å². The zero-order valence-electron chi connectivity index (χ0n) is 18.2. The molecule has 1 saturated heterocycles. The number of likely N-dealkylation sites (tertiary alicyclic amines) is 1. The lowest BCUT2D eigenvalue weighted by molar-refractivity contribution is 0.0897. The molecule has 2 aliphatic heterocycles. The van der Waals surface area contributed by atoms with E-state index in [0.717, 1.165) is 57.6 Å². The first kappa shape index (κ1) is 19.7. The monoisotopic (exact) mass is 431 g/mol. The summed E-state index contributed by atoms with van der Waals surface area (Å²) in [5.74, 6) is 1.31. The van der Waals surface area contributed by atoms with Crippen LogP contribution in [0.15, 0.2) is 53.3 Å². The second-order valence-corrected chi connectivity index (χ2v) is 9.54. The third-order valence-electron chi connectivity index (χ3n) is 7.86. The van der Waals surface area contributed by atoms with Crippen molar-refractivity contribution in [2.45, 2.75) is 69.1 Å². The van der Waals surface area contributed by atoms with Crippen molar-refractivity contribution in [1.29, 1.82) is 0 Å². The van der Waals surface area contributed by atoms with E-state index in [4.69, 9.17) is 4.42 Å². The summed E-state index contributed by atoms with van der Waals surface area (Å²) in [6.07, 6.45) is 9.82. The molecule has 0 radical (unpaired) electrons. The van der Waals surface area contributed by atoms with Crippen LogP contribution in [0.4, 0.5) is 0 Å². The van der Waals surface area contributed by atoms with E-state index in [1.54, 1.807) is 6.26 Å². The van der Waals surface area contributed by atoms with E-state index in [-0.39, 0.29) is 23.4 Å². The normalized spacial score (nSPS) is 25.6. The number of benzene rings is 1. The Morgan fingerprint density at radius 1 is 1.16 bits per heavy atom. The number of nitrogens with zero attached hydrogens (tertiary/aromatic N) is 4. The lowest BCUT2D eigenvalue weighted by Gasteiger charge is -2.37. The summed E-state index contributed by atoms with van der Waals surface area (Å²) in [5.41, 5.74) is 2.61. The number of hydrogen-bond donors (Lipinski definition) is 1. The Hall–Kier alpha value is -2.93. The first-order valence-electron chi connectivity index (χ1n) is 11.8. The number of aromatic nitrogens is 3. The average molecular weight is 432 g/mol. The zero-order chi connectivity index (χ0) is 21.5. The number of hydrogen-bond acceptors (Lipinski definition) is 5. The predicted octanol–water partition coefficient (Wildman–Crippen LogP) is 3.31. The Bertz CT molecular complexity index is 1090. The maximum atomic E-state index is 13.0. The highest BCUT2D eigenvalue weighted by Crippen LogP contribution is 2.46. The van der Waals surface area contributed by atoms with Crippen LogP contribution in [0.25, 0.3) is 0 Å². The maximum absolute atomic E-state index is 13.0. The molecule has 7 heteroatoms. The Balaban J connectivity index is 1.36. The van der Waals surface area contributed by atoms with E-state index in [2.05, 4.69) is 55.3 Å². The van der Waals surface area contributed by atoms with Crippen molar-refractivity contribution in [2.75, 3.05) is 6.54 Å². The van der Waals surface area contributed by atoms with E-state index >= 15 is 0 Å². The van der Waals surface area contributed by atoms with Gasteiger partial charge in [-0.3, -0.25) is 9.69 Å². The second-order valence-electron chi connectivity index (χ2n) is 9.54. The number of nitrogens with one attached hydrogen (secondary N) is 1. The largest absolute Gasteiger partial charge is 0.472 e. The van der Waals surface area contributed by atoms with E-state index in [9.17, 15) is 4.79 Å². The molecular weight excluding hydrogens is 402 g/mol. The van der Waals surface area contributed by atoms with Crippen LogP contribution >= 0.6 is 0 Å². The van der Waals surface area contributed by atoms with Gasteiger partial charge in [0, 0.05) is 42.6 Å². The van der Waals surface area contributed by atoms with Crippen LogP contribution < -0.4 is 5.32 Å². The van der Waals surface area contributed by atoms with Crippen molar-refractivity contribution in [3.05, 3.63) is 71.7 Å². The molecule has 1 aromatic carbocycles. The summed E-state index contributed by atoms with van der Waals surface area (Å²) in [6, 6.07) is 13.5. The van der Waals surface area contributed by atoms with Gasteiger partial charge < -0.3 is 14.3 Å². The van der Waals surface area contributed by atoms with Gasteiger partial charge in [0.15, 0.2) is 0 Å². The van der Waals surface area contributed by atoms with Crippen molar-refractivity contribution in [1.82, 2.24) is 25.0 Å². The smallest absolute Gasteiger partial charge is 0.289 e. The minimum absolute atomic E-state index is 0.0351. The number of amides is 1. The van der Waals surface area contributed by atoms with Gasteiger partial charge in [-0.15, -0.1) is 10.2 Å². The molecule has 4 heterocycles. The molecular formula is C25H29N5O2. The Morgan fingerprint density at radius 3 is 2.78 bits per heavy atom. The van der Waals surface area contributed by atoms with Crippen LogP contribution in [0.3, 0.4) is 0 Å². The molecule has 0 bridgehead atoms. The van der Waals surface area contributed by atoms with Gasteiger partial charge in [0.2, 0.25) is 5.82 Å². The molecule has 1 amide bonds. The molecule has 0 unspecified atom stereocenters. The van der Waals surface area contributed by atoms with Crippen LogP contribution in [-0.2, 0) is 24.9 Å². The topological polar surface area (TPSA) is 76.2 Å². The SMILES string of the molecule is O=C(NC1CCC1)c1nnc2n1C[C@H]1N(Cc3ccoc3)CC[C@@]1(c1ccccc1)CC2. The van der Waals surface area contributed by atoms with Crippen LogP contribution in [0.2, 0.25) is 0 Å². The van der Waals surface area contributed by atoms with E-state index in [1.165, 1.54) is 17.5 Å². The molecule has 2 aromatic heterocycles. The van der Waals surface area contributed by atoms with Crippen molar-refractivity contribution in [3.63, 3.8) is 0 Å². The summed E-state index contributed by atoms with van der Waals surface area (Å²) < 4.78 is 7.43. The zero-order valence-corrected chi connectivity index (χ0v) is 18.2. The van der Waals surface area contributed by atoms with Crippen molar-refractivity contribution in [2.24, 2.45) is 0 Å². The fourth-order valence-electron chi connectivity index (χ4n) is 5.84. The number of carbonyl (C=O) groups excluding carboxylic acids is 1. The predicted molar refractivity (Wildman–Crippen MR) is 119 cm³/mol. The maximum Gasteiger partial charge on any atom is 0.289 e. The first-order chi connectivity index (χ1) is 15.7. The summed E-state index contributed by atoms with van der Waals surface area (Å²) in [6.45, 7) is 2.59. The fraction of sp³-hybridized carbons (Fsp3) is 0.480. The Labute approximate surface area is 187 Å². The molecule has 32 heavy (non-hydrogen) atoms. The minimum Gasteiger partial charge on any atom is -0.472 e. The van der Waals surface area contributed by atoms with E-state index in [1.807, 2.05) is 12.3 Å². The average Bonchev–Trinajstić information content (AvgIpc) is 3.50. The van der Waals surface area contributed by atoms with Crippen molar-refractivity contribution >= 4 is 5.91 Å². The molecule has 1 aliphatic carbocycles. The third-order valence-corrected chi connectivity index (χ3v) is 7.86. The van der Waals surface area contributed by atoms with Crippen molar-refractivity contribution in [3.8, 4) is 0 Å². The van der Waals surface area contributed by atoms with Crippen LogP contribution in [0.1, 0.15) is 59.7 Å². The second kappa shape index (κ2) is 7.89. The molecule has 166 valence electrons. The first-order valence-corrected chi connectivity index (χ1v) is 11.8. The fourth-order valence-corrected chi connectivity index (χ4v) is 5.84. The number of furan rings is 1. The summed E-state index contributed by atoms with van der Waals surface area (Å²) in [5, 5.41) is 11.9. The van der Waals surface area contributed by atoms with Gasteiger partial charge in [-0.25, -0.2) is 0 Å². The lowest BCUT2D eigenvalue weighted by Crippen LogP contribution is -2.45.